The van der Waals surface area contributed by atoms with Crippen molar-refractivity contribution in [3.63, 3.8) is 0 Å². The lowest BCUT2D eigenvalue weighted by atomic mass is 9.97. The molecule has 3 aromatic carbocycles. The summed E-state index contributed by atoms with van der Waals surface area (Å²) in [6.45, 7) is 2.09. The maximum Gasteiger partial charge on any atom is 0.419 e. The maximum atomic E-state index is 15.2. The summed E-state index contributed by atoms with van der Waals surface area (Å²) in [5.74, 6) is -1.91. The van der Waals surface area contributed by atoms with E-state index < -0.39 is 23.4 Å². The fourth-order valence-electron chi connectivity index (χ4n) is 3.87. The van der Waals surface area contributed by atoms with Gasteiger partial charge in [-0.2, -0.15) is 13.2 Å². The average Bonchev–Trinajstić information content (AvgIpc) is 3.00. The quantitative estimate of drug-likeness (QED) is 0.326. The molecule has 28 heavy (non-hydrogen) atoms. The van der Waals surface area contributed by atoms with Gasteiger partial charge in [-0.3, -0.25) is 0 Å². The van der Waals surface area contributed by atoms with E-state index in [-0.39, 0.29) is 11.1 Å². The second-order valence-corrected chi connectivity index (χ2v) is 7.06. The Hall–Kier alpha value is -2.69. The van der Waals surface area contributed by atoms with Gasteiger partial charge in [0.05, 0.1) is 5.56 Å². The first-order valence-corrected chi connectivity index (χ1v) is 9.10. The van der Waals surface area contributed by atoms with Crippen molar-refractivity contribution in [2.45, 2.75) is 32.4 Å². The Balaban J connectivity index is 1.75. The Bertz CT molecular complexity index is 1060. The zero-order valence-electron chi connectivity index (χ0n) is 15.1. The van der Waals surface area contributed by atoms with Crippen LogP contribution in [0.15, 0.2) is 48.5 Å². The predicted molar refractivity (Wildman–Crippen MR) is 99.0 cm³/mol. The molecular formula is C23H17F5. The van der Waals surface area contributed by atoms with Crippen LogP contribution >= 0.6 is 0 Å². The molecule has 0 atom stereocenters. The summed E-state index contributed by atoms with van der Waals surface area (Å²) in [5, 5.41) is 0. The highest BCUT2D eigenvalue weighted by atomic mass is 19.4. The summed E-state index contributed by atoms with van der Waals surface area (Å²) in [5.41, 5.74) is 3.33. The standard InChI is InChI=1S/C23H17F5/c1-2-3-13-4-6-16-15(10-13)11-19-18(16)8-7-17(22(19)25)14-5-9-20(21(24)12-14)23(26,27)28/h4-10,12H,2-3,11H2,1H3. The van der Waals surface area contributed by atoms with Gasteiger partial charge in [-0.15, -0.1) is 0 Å². The molecule has 4 rings (SSSR count). The molecule has 0 radical (unpaired) electrons. The summed E-state index contributed by atoms with van der Waals surface area (Å²) in [4.78, 5) is 0. The van der Waals surface area contributed by atoms with Crippen molar-refractivity contribution in [3.05, 3.63) is 82.4 Å². The topological polar surface area (TPSA) is 0 Å². The van der Waals surface area contributed by atoms with Gasteiger partial charge in [-0.25, -0.2) is 8.78 Å². The van der Waals surface area contributed by atoms with E-state index in [0.717, 1.165) is 41.7 Å². The molecule has 0 saturated heterocycles. The lowest BCUT2D eigenvalue weighted by Gasteiger charge is -2.12. The highest BCUT2D eigenvalue weighted by Gasteiger charge is 2.34. The van der Waals surface area contributed by atoms with E-state index in [1.807, 2.05) is 12.1 Å². The Morgan fingerprint density at radius 3 is 2.25 bits per heavy atom. The van der Waals surface area contributed by atoms with Crippen molar-refractivity contribution in [2.24, 2.45) is 0 Å². The van der Waals surface area contributed by atoms with Crippen molar-refractivity contribution < 1.29 is 22.0 Å². The summed E-state index contributed by atoms with van der Waals surface area (Å²) in [6.07, 6.45) is -2.39. The molecular weight excluding hydrogens is 371 g/mol. The van der Waals surface area contributed by atoms with Crippen LogP contribution in [0.25, 0.3) is 22.3 Å². The number of alkyl halides is 3. The van der Waals surface area contributed by atoms with Crippen molar-refractivity contribution in [1.29, 1.82) is 0 Å². The van der Waals surface area contributed by atoms with Crippen LogP contribution in [0, 0.1) is 11.6 Å². The molecule has 0 aromatic heterocycles. The molecule has 0 bridgehead atoms. The monoisotopic (exact) mass is 388 g/mol. The van der Waals surface area contributed by atoms with Crippen LogP contribution in [0.1, 0.15) is 35.6 Å². The first-order valence-electron chi connectivity index (χ1n) is 9.10. The number of halogens is 5. The van der Waals surface area contributed by atoms with E-state index >= 15 is 4.39 Å². The smallest absolute Gasteiger partial charge is 0.206 e. The SMILES string of the molecule is CCCc1ccc2c(c1)Cc1c-2ccc(-c2ccc(C(F)(F)F)c(F)c2)c1F. The number of fused-ring (bicyclic) bond motifs is 3. The van der Waals surface area contributed by atoms with Gasteiger partial charge in [-0.1, -0.05) is 49.7 Å². The summed E-state index contributed by atoms with van der Waals surface area (Å²) < 4.78 is 67.4. The molecule has 0 heterocycles. The van der Waals surface area contributed by atoms with Crippen LogP contribution in [0.2, 0.25) is 0 Å². The summed E-state index contributed by atoms with van der Waals surface area (Å²) in [6, 6.07) is 11.9. The molecule has 0 spiro atoms. The number of hydrogen-bond acceptors (Lipinski definition) is 0. The molecule has 0 fully saturated rings. The third kappa shape index (κ3) is 3.09. The second-order valence-electron chi connectivity index (χ2n) is 7.06. The van der Waals surface area contributed by atoms with E-state index in [1.54, 1.807) is 6.07 Å². The Labute approximate surface area is 159 Å². The summed E-state index contributed by atoms with van der Waals surface area (Å²) in [7, 11) is 0. The van der Waals surface area contributed by atoms with Crippen LogP contribution in [-0.2, 0) is 19.0 Å². The van der Waals surface area contributed by atoms with Crippen LogP contribution in [-0.4, -0.2) is 0 Å². The average molecular weight is 388 g/mol. The number of benzene rings is 3. The maximum absolute atomic E-state index is 15.2. The zero-order chi connectivity index (χ0) is 20.1. The molecule has 3 aromatic rings. The van der Waals surface area contributed by atoms with Crippen molar-refractivity contribution in [1.82, 2.24) is 0 Å². The molecule has 0 nitrogen and oxygen atoms in total. The van der Waals surface area contributed by atoms with Gasteiger partial charge < -0.3 is 0 Å². The van der Waals surface area contributed by atoms with E-state index in [0.29, 0.717) is 18.1 Å². The van der Waals surface area contributed by atoms with Gasteiger partial charge in [0, 0.05) is 17.5 Å². The molecule has 0 N–H and O–H groups in total. The van der Waals surface area contributed by atoms with Gasteiger partial charge >= 0.3 is 6.18 Å². The first-order chi connectivity index (χ1) is 13.3. The fourth-order valence-corrected chi connectivity index (χ4v) is 3.87. The molecule has 5 heteroatoms. The summed E-state index contributed by atoms with van der Waals surface area (Å²) >= 11 is 0. The Morgan fingerprint density at radius 1 is 0.857 bits per heavy atom. The molecule has 0 saturated carbocycles. The Morgan fingerprint density at radius 2 is 1.57 bits per heavy atom. The number of aryl methyl sites for hydroxylation is 1. The fraction of sp³-hybridized carbons (Fsp3) is 0.217. The van der Waals surface area contributed by atoms with E-state index in [2.05, 4.69) is 13.0 Å². The molecule has 0 aliphatic heterocycles. The van der Waals surface area contributed by atoms with Gasteiger partial charge in [0.2, 0.25) is 0 Å². The van der Waals surface area contributed by atoms with Gasteiger partial charge in [-0.05, 0) is 46.4 Å². The van der Waals surface area contributed by atoms with E-state index in [1.165, 1.54) is 11.6 Å². The zero-order valence-corrected chi connectivity index (χ0v) is 15.1. The number of rotatable bonds is 3. The van der Waals surface area contributed by atoms with Crippen molar-refractivity contribution in [3.8, 4) is 22.3 Å². The van der Waals surface area contributed by atoms with Crippen LogP contribution in [0.5, 0.6) is 0 Å². The van der Waals surface area contributed by atoms with Crippen LogP contribution in [0.4, 0.5) is 22.0 Å². The first kappa shape index (κ1) is 18.7. The van der Waals surface area contributed by atoms with E-state index in [9.17, 15) is 17.6 Å². The third-order valence-corrected chi connectivity index (χ3v) is 5.19. The number of hydrogen-bond donors (Lipinski definition) is 0. The predicted octanol–water partition coefficient (Wildman–Crippen LogP) is 7.17. The largest absolute Gasteiger partial charge is 0.419 e. The highest BCUT2D eigenvalue weighted by molar-refractivity contribution is 5.81. The van der Waals surface area contributed by atoms with Crippen LogP contribution < -0.4 is 0 Å². The van der Waals surface area contributed by atoms with Gasteiger partial charge in [0.1, 0.15) is 11.6 Å². The van der Waals surface area contributed by atoms with E-state index in [4.69, 9.17) is 0 Å². The molecule has 144 valence electrons. The molecule has 1 aliphatic carbocycles. The van der Waals surface area contributed by atoms with Crippen molar-refractivity contribution in [2.75, 3.05) is 0 Å². The lowest BCUT2D eigenvalue weighted by Crippen LogP contribution is -2.08. The van der Waals surface area contributed by atoms with Crippen molar-refractivity contribution >= 4 is 0 Å². The second kappa shape index (κ2) is 6.73. The Kier molecular flexibility index (Phi) is 4.48. The minimum Gasteiger partial charge on any atom is -0.206 e. The minimum absolute atomic E-state index is 0.0911. The molecule has 0 amide bonds. The lowest BCUT2D eigenvalue weighted by molar-refractivity contribution is -0.139. The van der Waals surface area contributed by atoms with Gasteiger partial charge in [0.25, 0.3) is 0 Å². The van der Waals surface area contributed by atoms with Crippen LogP contribution in [0.3, 0.4) is 0 Å². The normalized spacial score (nSPS) is 12.8. The molecule has 0 unspecified atom stereocenters. The van der Waals surface area contributed by atoms with Gasteiger partial charge in [0.15, 0.2) is 0 Å². The highest BCUT2D eigenvalue weighted by Crippen LogP contribution is 2.42. The molecule has 1 aliphatic rings. The third-order valence-electron chi connectivity index (χ3n) is 5.19. The minimum atomic E-state index is -4.78.